The van der Waals surface area contributed by atoms with Crippen molar-refractivity contribution in [2.24, 2.45) is 0 Å². The maximum absolute atomic E-state index is 5.89. The van der Waals surface area contributed by atoms with Crippen LogP contribution in [0.25, 0.3) is 11.0 Å². The number of benzene rings is 1. The van der Waals surface area contributed by atoms with Crippen LogP contribution in [0, 0.1) is 3.57 Å². The van der Waals surface area contributed by atoms with Gasteiger partial charge in [0.25, 0.3) is 0 Å². The van der Waals surface area contributed by atoms with Gasteiger partial charge in [0.1, 0.15) is 5.82 Å². The lowest BCUT2D eigenvalue weighted by atomic mass is 10.3. The molecule has 0 N–H and O–H groups in total. The topological polar surface area (TPSA) is 17.8 Å². The molecule has 0 atom stereocenters. The van der Waals surface area contributed by atoms with E-state index in [1.165, 1.54) is 27.0 Å². The molecular weight excluding hydrogens is 391 g/mol. The molecule has 0 radical (unpaired) electrons. The number of rotatable bonds is 7. The van der Waals surface area contributed by atoms with Gasteiger partial charge in [-0.1, -0.05) is 6.92 Å². The van der Waals surface area contributed by atoms with Gasteiger partial charge < -0.3 is 4.57 Å². The minimum Gasteiger partial charge on any atom is -0.328 e. The Morgan fingerprint density at radius 3 is 3.00 bits per heavy atom. The standard InChI is InChI=1S/C14H18ClIN2S/c1-2-19-9-3-8-18-13-5-4-11(16)10-12(13)17-14(18)6-7-15/h4-5,10H,2-3,6-9H2,1H3. The van der Waals surface area contributed by atoms with Gasteiger partial charge in [-0.3, -0.25) is 0 Å². The zero-order valence-electron chi connectivity index (χ0n) is 11.0. The van der Waals surface area contributed by atoms with Crippen LogP contribution in [0.4, 0.5) is 0 Å². The van der Waals surface area contributed by atoms with E-state index < -0.39 is 0 Å². The quantitative estimate of drug-likeness (QED) is 0.379. The van der Waals surface area contributed by atoms with Gasteiger partial charge in [-0.2, -0.15) is 11.8 Å². The molecule has 1 aromatic heterocycles. The van der Waals surface area contributed by atoms with Crippen LogP contribution < -0.4 is 0 Å². The smallest absolute Gasteiger partial charge is 0.111 e. The molecule has 0 aliphatic rings. The summed E-state index contributed by atoms with van der Waals surface area (Å²) in [7, 11) is 0. The summed E-state index contributed by atoms with van der Waals surface area (Å²) in [6, 6.07) is 6.46. The Hall–Kier alpha value is 0.0600. The van der Waals surface area contributed by atoms with Crippen molar-refractivity contribution < 1.29 is 0 Å². The van der Waals surface area contributed by atoms with E-state index in [1.54, 1.807) is 0 Å². The monoisotopic (exact) mass is 408 g/mol. The van der Waals surface area contributed by atoms with Crippen LogP contribution in [0.15, 0.2) is 18.2 Å². The van der Waals surface area contributed by atoms with Crippen molar-refractivity contribution in [1.29, 1.82) is 0 Å². The Balaban J connectivity index is 2.24. The summed E-state index contributed by atoms with van der Waals surface area (Å²) >= 11 is 10.2. The molecule has 5 heteroatoms. The summed E-state index contributed by atoms with van der Waals surface area (Å²) in [6.07, 6.45) is 2.03. The van der Waals surface area contributed by atoms with Crippen LogP contribution in [0.1, 0.15) is 19.2 Å². The van der Waals surface area contributed by atoms with Crippen LogP contribution in [0.2, 0.25) is 0 Å². The molecule has 2 nitrogen and oxygen atoms in total. The third-order valence-corrected chi connectivity index (χ3v) is 4.83. The molecule has 0 bridgehead atoms. The van der Waals surface area contributed by atoms with Crippen LogP contribution in [0.5, 0.6) is 0 Å². The molecule has 1 aromatic carbocycles. The van der Waals surface area contributed by atoms with Crippen molar-refractivity contribution in [1.82, 2.24) is 9.55 Å². The Morgan fingerprint density at radius 1 is 1.42 bits per heavy atom. The number of alkyl halides is 1. The Labute approximate surface area is 137 Å². The number of thioether (sulfide) groups is 1. The first-order valence-corrected chi connectivity index (χ1v) is 9.31. The number of hydrogen-bond donors (Lipinski definition) is 0. The van der Waals surface area contributed by atoms with Crippen LogP contribution in [0.3, 0.4) is 0 Å². The van der Waals surface area contributed by atoms with Gasteiger partial charge in [-0.05, 0) is 58.7 Å². The number of halogens is 2. The highest BCUT2D eigenvalue weighted by molar-refractivity contribution is 14.1. The Kier molecular flexibility index (Phi) is 6.29. The molecule has 0 saturated heterocycles. The zero-order valence-corrected chi connectivity index (χ0v) is 14.8. The summed E-state index contributed by atoms with van der Waals surface area (Å²) in [4.78, 5) is 4.73. The number of imidazole rings is 1. The van der Waals surface area contributed by atoms with Crippen LogP contribution in [-0.2, 0) is 13.0 Å². The molecule has 0 saturated carbocycles. The number of aryl methyl sites for hydroxylation is 2. The maximum atomic E-state index is 5.89. The summed E-state index contributed by atoms with van der Waals surface area (Å²) in [5.74, 6) is 4.15. The molecule has 0 spiro atoms. The lowest BCUT2D eigenvalue weighted by Crippen LogP contribution is -2.05. The Morgan fingerprint density at radius 2 is 2.26 bits per heavy atom. The van der Waals surface area contributed by atoms with E-state index in [9.17, 15) is 0 Å². The third kappa shape index (κ3) is 4.02. The van der Waals surface area contributed by atoms with Gasteiger partial charge in [0.2, 0.25) is 0 Å². The number of aromatic nitrogens is 2. The molecule has 104 valence electrons. The molecule has 0 aliphatic carbocycles. The fourth-order valence-corrected chi connectivity index (χ4v) is 3.41. The predicted molar refractivity (Wildman–Crippen MR) is 94.5 cm³/mol. The van der Waals surface area contributed by atoms with Crippen LogP contribution in [-0.4, -0.2) is 26.9 Å². The van der Waals surface area contributed by atoms with Crippen molar-refractivity contribution in [3.8, 4) is 0 Å². The molecule has 2 aromatic rings. The van der Waals surface area contributed by atoms with Gasteiger partial charge in [0.05, 0.1) is 11.0 Å². The Bertz CT molecular complexity index is 541. The normalized spacial score (nSPS) is 11.3. The van der Waals surface area contributed by atoms with E-state index in [-0.39, 0.29) is 0 Å². The van der Waals surface area contributed by atoms with Crippen molar-refractivity contribution >= 4 is 57.0 Å². The van der Waals surface area contributed by atoms with Crippen molar-refractivity contribution in [2.75, 3.05) is 17.4 Å². The maximum Gasteiger partial charge on any atom is 0.111 e. The van der Waals surface area contributed by atoms with E-state index in [0.29, 0.717) is 5.88 Å². The van der Waals surface area contributed by atoms with Gasteiger partial charge >= 0.3 is 0 Å². The average Bonchev–Trinajstić information content (AvgIpc) is 2.72. The van der Waals surface area contributed by atoms with Gasteiger partial charge in [-0.15, -0.1) is 11.6 Å². The molecule has 0 aliphatic heterocycles. The summed E-state index contributed by atoms with van der Waals surface area (Å²) in [5, 5.41) is 0. The minimum atomic E-state index is 0.629. The first kappa shape index (κ1) is 15.4. The zero-order chi connectivity index (χ0) is 13.7. The summed E-state index contributed by atoms with van der Waals surface area (Å²) in [6.45, 7) is 3.24. The second kappa shape index (κ2) is 7.74. The largest absolute Gasteiger partial charge is 0.328 e. The molecule has 1 heterocycles. The summed E-state index contributed by atoms with van der Waals surface area (Å²) in [5.41, 5.74) is 2.33. The van der Waals surface area contributed by atoms with Crippen molar-refractivity contribution in [2.45, 2.75) is 26.3 Å². The molecular formula is C14H18ClIN2S. The van der Waals surface area contributed by atoms with Crippen molar-refractivity contribution in [3.63, 3.8) is 0 Å². The van der Waals surface area contributed by atoms with E-state index in [1.807, 2.05) is 11.8 Å². The van der Waals surface area contributed by atoms with Gasteiger partial charge in [0.15, 0.2) is 0 Å². The number of nitrogens with zero attached hydrogens (tertiary/aromatic N) is 2. The molecule has 2 rings (SSSR count). The van der Waals surface area contributed by atoms with Gasteiger partial charge in [-0.25, -0.2) is 4.98 Å². The molecule has 0 unspecified atom stereocenters. The fourth-order valence-electron chi connectivity index (χ4n) is 2.15. The highest BCUT2D eigenvalue weighted by Gasteiger charge is 2.10. The van der Waals surface area contributed by atoms with E-state index in [0.717, 1.165) is 24.3 Å². The molecule has 19 heavy (non-hydrogen) atoms. The predicted octanol–water partition coefficient (Wildman–Crippen LogP) is 4.57. The molecule has 0 amide bonds. The first-order chi connectivity index (χ1) is 9.26. The van der Waals surface area contributed by atoms with Crippen molar-refractivity contribution in [3.05, 3.63) is 27.6 Å². The highest BCUT2D eigenvalue weighted by Crippen LogP contribution is 2.20. The highest BCUT2D eigenvalue weighted by atomic mass is 127. The fraction of sp³-hybridized carbons (Fsp3) is 0.500. The molecule has 0 fully saturated rings. The van der Waals surface area contributed by atoms with Crippen LogP contribution >= 0.6 is 46.0 Å². The third-order valence-electron chi connectivity index (χ3n) is 2.98. The number of hydrogen-bond acceptors (Lipinski definition) is 2. The summed E-state index contributed by atoms with van der Waals surface area (Å²) < 4.78 is 3.57. The van der Waals surface area contributed by atoms with Gasteiger partial charge in [0, 0.05) is 22.4 Å². The second-order valence-corrected chi connectivity index (χ2v) is 7.32. The lowest BCUT2D eigenvalue weighted by molar-refractivity contribution is 0.664. The SMILES string of the molecule is CCSCCCn1c(CCCl)nc2cc(I)ccc21. The average molecular weight is 409 g/mol. The lowest BCUT2D eigenvalue weighted by Gasteiger charge is -2.08. The second-order valence-electron chi connectivity index (χ2n) is 4.30. The van der Waals surface area contributed by atoms with E-state index in [4.69, 9.17) is 16.6 Å². The minimum absolute atomic E-state index is 0.629. The first-order valence-electron chi connectivity index (χ1n) is 6.54. The van der Waals surface area contributed by atoms with E-state index >= 15 is 0 Å². The number of fused-ring (bicyclic) bond motifs is 1. The van der Waals surface area contributed by atoms with E-state index in [2.05, 4.69) is 52.3 Å².